The maximum atomic E-state index is 13.9. The quantitative estimate of drug-likeness (QED) is 0.490. The average molecular weight is 435 g/mol. The van der Waals surface area contributed by atoms with Crippen molar-refractivity contribution in [3.8, 4) is 0 Å². The molecule has 1 heterocycles. The summed E-state index contributed by atoms with van der Waals surface area (Å²) >= 11 is 1.48. The van der Waals surface area contributed by atoms with E-state index in [0.717, 1.165) is 23.2 Å². The highest BCUT2D eigenvalue weighted by Crippen LogP contribution is 2.33. The lowest BCUT2D eigenvalue weighted by Crippen LogP contribution is -2.16. The molecule has 0 aliphatic carbocycles. The summed E-state index contributed by atoms with van der Waals surface area (Å²) in [5.41, 5.74) is 2.84. The van der Waals surface area contributed by atoms with Gasteiger partial charge in [0.05, 0.1) is 17.6 Å². The maximum absolute atomic E-state index is 13.9. The summed E-state index contributed by atoms with van der Waals surface area (Å²) in [5, 5.41) is 11.7. The Kier molecular flexibility index (Phi) is 6.62. The summed E-state index contributed by atoms with van der Waals surface area (Å²) < 4.78 is 31.3. The average Bonchev–Trinajstić information content (AvgIpc) is 3.11. The van der Waals surface area contributed by atoms with Crippen LogP contribution in [0.5, 0.6) is 0 Å². The Hall–Kier alpha value is -2.65. The Morgan fingerprint density at radius 2 is 1.97 bits per heavy atom. The number of aromatic nitrogens is 2. The molecule has 3 rings (SSSR count). The van der Waals surface area contributed by atoms with E-state index < -0.39 is 12.5 Å². The Bertz CT molecular complexity index is 1030. The van der Waals surface area contributed by atoms with Crippen molar-refractivity contribution in [3.63, 3.8) is 0 Å². The number of anilines is 2. The minimum absolute atomic E-state index is 0.0755. The zero-order valence-electron chi connectivity index (χ0n) is 17.0. The number of aliphatic hydroxyl groups is 1. The van der Waals surface area contributed by atoms with E-state index in [1.807, 2.05) is 54.7 Å². The molecule has 160 valence electrons. The first-order valence-electron chi connectivity index (χ1n) is 9.49. The molecule has 0 bridgehead atoms. The molecule has 0 aliphatic rings. The van der Waals surface area contributed by atoms with Gasteiger partial charge >= 0.3 is 5.92 Å². The van der Waals surface area contributed by atoms with Gasteiger partial charge in [0, 0.05) is 36.8 Å². The second-order valence-electron chi connectivity index (χ2n) is 6.90. The number of rotatable bonds is 9. The van der Waals surface area contributed by atoms with Crippen LogP contribution < -0.4 is 9.62 Å². The number of Topliss-reactive ketones (excluding diaryl/α,β-unsaturated/α-hetero) is 1. The number of aliphatic hydroxyl groups excluding tert-OH is 1. The fourth-order valence-corrected chi connectivity index (χ4v) is 3.86. The van der Waals surface area contributed by atoms with E-state index in [1.165, 1.54) is 11.9 Å². The molecular formula is C21H24F2N4O2S. The Morgan fingerprint density at radius 1 is 1.27 bits per heavy atom. The molecule has 30 heavy (non-hydrogen) atoms. The zero-order chi connectivity index (χ0) is 21.9. The van der Waals surface area contributed by atoms with Crippen LogP contribution in [-0.4, -0.2) is 40.6 Å². The highest BCUT2D eigenvalue weighted by Gasteiger charge is 2.31. The van der Waals surface area contributed by atoms with E-state index in [1.54, 1.807) is 10.6 Å². The summed E-state index contributed by atoms with van der Waals surface area (Å²) in [6, 6.07) is 13.0. The van der Waals surface area contributed by atoms with E-state index in [2.05, 4.69) is 10.3 Å². The SMILES string of the molecule is CCn1c(C(C)(F)F)nc2cc(N(C)Sc3ccc(NCC(=O)CO)cc3)ccc21. The number of benzene rings is 2. The number of carbonyl (C=O) groups is 1. The van der Waals surface area contributed by atoms with Crippen molar-refractivity contribution in [1.82, 2.24) is 9.55 Å². The third-order valence-corrected chi connectivity index (χ3v) is 5.53. The van der Waals surface area contributed by atoms with Gasteiger partial charge in [-0.25, -0.2) is 4.98 Å². The molecule has 3 aromatic rings. The van der Waals surface area contributed by atoms with Crippen molar-refractivity contribution >= 4 is 40.1 Å². The summed E-state index contributed by atoms with van der Waals surface area (Å²) in [4.78, 5) is 16.3. The summed E-state index contributed by atoms with van der Waals surface area (Å²) in [6.07, 6.45) is 0. The van der Waals surface area contributed by atoms with Gasteiger partial charge in [0.15, 0.2) is 11.6 Å². The number of halogens is 2. The van der Waals surface area contributed by atoms with E-state index in [0.29, 0.717) is 17.6 Å². The maximum Gasteiger partial charge on any atom is 0.302 e. The number of ketones is 1. The van der Waals surface area contributed by atoms with Crippen molar-refractivity contribution in [2.75, 3.05) is 29.8 Å². The van der Waals surface area contributed by atoms with Gasteiger partial charge < -0.3 is 19.3 Å². The molecule has 0 unspecified atom stereocenters. The molecule has 6 nitrogen and oxygen atoms in total. The number of carbonyl (C=O) groups excluding carboxylic acids is 1. The smallest absolute Gasteiger partial charge is 0.302 e. The van der Waals surface area contributed by atoms with E-state index in [9.17, 15) is 13.6 Å². The topological polar surface area (TPSA) is 70.4 Å². The minimum Gasteiger partial charge on any atom is -0.389 e. The van der Waals surface area contributed by atoms with Gasteiger partial charge in [-0.05, 0) is 61.3 Å². The first kappa shape index (κ1) is 22.0. The fourth-order valence-electron chi connectivity index (χ4n) is 3.07. The lowest BCUT2D eigenvalue weighted by molar-refractivity contribution is -0.120. The van der Waals surface area contributed by atoms with Gasteiger partial charge in [0.2, 0.25) is 0 Å². The highest BCUT2D eigenvalue weighted by atomic mass is 32.2. The van der Waals surface area contributed by atoms with Crippen LogP contribution in [0.2, 0.25) is 0 Å². The molecule has 0 aliphatic heterocycles. The molecule has 9 heteroatoms. The number of hydrogen-bond donors (Lipinski definition) is 2. The standard InChI is InChI=1S/C21H24F2N4O2S/c1-4-27-19-10-7-15(11-18(19)25-20(27)21(2,22)23)26(3)30-17-8-5-14(6-9-17)24-12-16(29)13-28/h5-11,24,28H,4,12-13H2,1-3H3. The predicted octanol–water partition coefficient (Wildman–Crippen LogP) is 4.28. The molecule has 2 N–H and O–H groups in total. The first-order valence-corrected chi connectivity index (χ1v) is 10.3. The number of nitrogens with zero attached hydrogens (tertiary/aromatic N) is 3. The normalized spacial score (nSPS) is 11.7. The second-order valence-corrected chi connectivity index (χ2v) is 8.11. The van der Waals surface area contributed by atoms with Gasteiger partial charge in [-0.3, -0.25) is 4.79 Å². The zero-order valence-corrected chi connectivity index (χ0v) is 17.8. The number of fused-ring (bicyclic) bond motifs is 1. The molecule has 0 amide bonds. The van der Waals surface area contributed by atoms with E-state index in [-0.39, 0.29) is 18.2 Å². The van der Waals surface area contributed by atoms with Crippen LogP contribution in [0, 0.1) is 0 Å². The first-order chi connectivity index (χ1) is 14.2. The molecule has 0 atom stereocenters. The molecule has 0 fully saturated rings. The van der Waals surface area contributed by atoms with Crippen LogP contribution in [0.3, 0.4) is 0 Å². The third kappa shape index (κ3) is 4.91. The van der Waals surface area contributed by atoms with E-state index >= 15 is 0 Å². The molecule has 1 aromatic heterocycles. The number of nitrogens with one attached hydrogen (secondary N) is 1. The highest BCUT2D eigenvalue weighted by molar-refractivity contribution is 8.00. The van der Waals surface area contributed by atoms with Gasteiger partial charge in [-0.1, -0.05) is 0 Å². The van der Waals surface area contributed by atoms with Crippen molar-refractivity contribution < 1.29 is 18.7 Å². The lowest BCUT2D eigenvalue weighted by atomic mass is 10.2. The van der Waals surface area contributed by atoms with Crippen LogP contribution in [0.15, 0.2) is 47.4 Å². The minimum atomic E-state index is -3.01. The van der Waals surface area contributed by atoms with Crippen molar-refractivity contribution in [3.05, 3.63) is 48.3 Å². The van der Waals surface area contributed by atoms with E-state index in [4.69, 9.17) is 5.11 Å². The Balaban J connectivity index is 1.75. The van der Waals surface area contributed by atoms with Crippen LogP contribution in [0.1, 0.15) is 19.7 Å². The van der Waals surface area contributed by atoms with Crippen LogP contribution in [0.25, 0.3) is 11.0 Å². The van der Waals surface area contributed by atoms with Gasteiger partial charge in [0.25, 0.3) is 0 Å². The summed E-state index contributed by atoms with van der Waals surface area (Å²) in [5.74, 6) is -3.51. The van der Waals surface area contributed by atoms with Gasteiger partial charge in [-0.2, -0.15) is 8.78 Å². The van der Waals surface area contributed by atoms with Crippen molar-refractivity contribution in [1.29, 1.82) is 0 Å². The van der Waals surface area contributed by atoms with Crippen molar-refractivity contribution in [2.24, 2.45) is 0 Å². The van der Waals surface area contributed by atoms with Gasteiger partial charge in [-0.15, -0.1) is 0 Å². The van der Waals surface area contributed by atoms with Gasteiger partial charge in [0.1, 0.15) is 6.61 Å². The van der Waals surface area contributed by atoms with Crippen LogP contribution in [0.4, 0.5) is 20.2 Å². The molecule has 2 aromatic carbocycles. The summed E-state index contributed by atoms with van der Waals surface area (Å²) in [6.45, 7) is 2.70. The monoisotopic (exact) mass is 434 g/mol. The number of hydrogen-bond acceptors (Lipinski definition) is 6. The molecule has 0 saturated carbocycles. The Labute approximate surface area is 178 Å². The third-order valence-electron chi connectivity index (χ3n) is 4.57. The van der Waals surface area contributed by atoms with Crippen LogP contribution in [-0.2, 0) is 17.3 Å². The number of alkyl halides is 2. The lowest BCUT2D eigenvalue weighted by Gasteiger charge is -2.18. The fraction of sp³-hybridized carbons (Fsp3) is 0.333. The molecule has 0 spiro atoms. The second kappa shape index (κ2) is 9.01. The number of imidazole rings is 1. The molecule has 0 saturated heterocycles. The number of aryl methyl sites for hydroxylation is 1. The largest absolute Gasteiger partial charge is 0.389 e. The van der Waals surface area contributed by atoms with Crippen LogP contribution >= 0.6 is 11.9 Å². The predicted molar refractivity (Wildman–Crippen MR) is 116 cm³/mol. The molecule has 0 radical (unpaired) electrons. The molecular weight excluding hydrogens is 410 g/mol. The Morgan fingerprint density at radius 3 is 2.57 bits per heavy atom. The summed E-state index contributed by atoms with van der Waals surface area (Å²) in [7, 11) is 1.89. The van der Waals surface area contributed by atoms with Crippen molar-refractivity contribution in [2.45, 2.75) is 31.2 Å².